The van der Waals surface area contributed by atoms with Crippen molar-refractivity contribution in [1.82, 2.24) is 0 Å². The highest BCUT2D eigenvalue weighted by molar-refractivity contribution is 6.17. The number of cyclic esters (lactones) is 8. The van der Waals surface area contributed by atoms with E-state index in [0.29, 0.717) is 23.0 Å². The molecule has 4 aliphatic heterocycles. The van der Waals surface area contributed by atoms with E-state index in [1.54, 1.807) is 12.1 Å². The highest BCUT2D eigenvalue weighted by Gasteiger charge is 2.34. The second-order valence-corrected chi connectivity index (χ2v) is 19.1. The first-order valence-corrected chi connectivity index (χ1v) is 24.9. The third kappa shape index (κ3) is 10.5. The van der Waals surface area contributed by atoms with Gasteiger partial charge in [-0.15, -0.1) is 0 Å². The molecule has 420 valence electrons. The molecule has 0 saturated heterocycles. The predicted octanol–water partition coefficient (Wildman–Crippen LogP) is 7.04. The Labute approximate surface area is 471 Å². The number of furan rings is 2. The summed E-state index contributed by atoms with van der Waals surface area (Å²) in [7, 11) is 0. The summed E-state index contributed by atoms with van der Waals surface area (Å²) in [5, 5.41) is -0.0726. The summed E-state index contributed by atoms with van der Waals surface area (Å²) in [5.74, 6) is -5.50. The van der Waals surface area contributed by atoms with Crippen LogP contribution in [0.25, 0.3) is 21.5 Å². The van der Waals surface area contributed by atoms with E-state index in [-0.39, 0.29) is 95.8 Å². The van der Waals surface area contributed by atoms with Gasteiger partial charge in [-0.1, -0.05) is 38.1 Å². The first-order valence-electron chi connectivity index (χ1n) is 24.9. The number of rotatable bonds is 11. The largest absolute Gasteiger partial charge is 0.458 e. The van der Waals surface area contributed by atoms with E-state index >= 15 is 0 Å². The fourth-order valence-electron chi connectivity index (χ4n) is 9.10. The van der Waals surface area contributed by atoms with Crippen molar-refractivity contribution in [2.45, 2.75) is 19.3 Å². The monoisotopic (exact) mass is 1150 g/mol. The van der Waals surface area contributed by atoms with Gasteiger partial charge < -0.3 is 46.7 Å². The van der Waals surface area contributed by atoms with Crippen molar-refractivity contribution in [3.63, 3.8) is 0 Å². The van der Waals surface area contributed by atoms with Crippen LogP contribution in [-0.2, 0) is 33.8 Å². The van der Waals surface area contributed by atoms with Gasteiger partial charge in [-0.3, -0.25) is 0 Å². The lowest BCUT2D eigenvalue weighted by Crippen LogP contribution is -2.18. The molecule has 2 aromatic heterocycles. The van der Waals surface area contributed by atoms with Gasteiger partial charge in [0, 0.05) is 5.41 Å². The van der Waals surface area contributed by atoms with Crippen molar-refractivity contribution in [2.75, 3.05) is 13.2 Å². The van der Waals surface area contributed by atoms with Gasteiger partial charge >= 0.3 is 82.2 Å². The van der Waals surface area contributed by atoms with Gasteiger partial charge in [0.15, 0.2) is 0 Å². The summed E-state index contributed by atoms with van der Waals surface area (Å²) in [5.41, 5.74) is -0.595. The maximum absolute atomic E-state index is 12.1. The highest BCUT2D eigenvalue weighted by atomic mass is 16.6. The molecule has 13 rings (SSSR count). The Hall–Kier alpha value is -12.1. The zero-order valence-corrected chi connectivity index (χ0v) is 43.4. The first kappa shape index (κ1) is 54.9. The smallest absolute Gasteiger partial charge is 0.347 e. The van der Waals surface area contributed by atoms with Crippen molar-refractivity contribution in [3.8, 4) is 23.0 Å². The number of ether oxygens (including phenoxy) is 8. The molecule has 0 spiro atoms. The lowest BCUT2D eigenvalue weighted by atomic mass is 9.78. The number of carbonyl (C=O) groups is 10. The fraction of sp³-hybridized carbons (Fsp3) is 0.0820. The minimum atomic E-state index is -0.849. The zero-order valence-electron chi connectivity index (χ0n) is 43.4. The van der Waals surface area contributed by atoms with Crippen molar-refractivity contribution in [3.05, 3.63) is 242 Å². The van der Waals surface area contributed by atoms with Crippen molar-refractivity contribution in [2.24, 2.45) is 0 Å². The molecule has 0 N–H and O–H groups in total. The van der Waals surface area contributed by atoms with Gasteiger partial charge in [0.1, 0.15) is 36.2 Å². The minimum absolute atomic E-state index is 0.0181. The topological polar surface area (TPSA) is 339 Å². The number of hydrogen-bond donors (Lipinski definition) is 0. The average molecular weight is 1150 g/mol. The maximum atomic E-state index is 12.1. The Bertz CT molecular complexity index is 4320. The molecule has 0 fully saturated rings. The Balaban J connectivity index is 0.000000144. The van der Waals surface area contributed by atoms with Crippen LogP contribution in [0.2, 0.25) is 0 Å². The number of benzene rings is 7. The van der Waals surface area contributed by atoms with E-state index < -0.39 is 82.2 Å². The lowest BCUT2D eigenvalue weighted by molar-refractivity contribution is 0.0265. The van der Waals surface area contributed by atoms with Crippen LogP contribution in [-0.4, -0.2) is 72.9 Å². The van der Waals surface area contributed by atoms with Crippen LogP contribution < -0.4 is 32.0 Å². The lowest BCUT2D eigenvalue weighted by Gasteiger charge is -2.26. The molecule has 85 heavy (non-hydrogen) atoms. The molecule has 24 nitrogen and oxygen atoms in total. The molecule has 9 aromatic rings. The van der Waals surface area contributed by atoms with Gasteiger partial charge in [-0.2, -0.15) is 0 Å². The molecule has 6 heterocycles. The SMILES string of the molecule is CC(C)(c1ccc(Oc2ccc3c(c2)C(=O)OC3=O)cc1)c1ccc(Oc2ccc3c(c2)C(=O)OC3=O)cc1.O=C(OCCOC(=O)c1ccc2c(c1)C(=O)OC2=O)c1ccc2c(c1)C(=O)OC2=O.O=c1oc(=O)c2cc3c(=O)oc(=O)c3cc12. The van der Waals surface area contributed by atoms with Crippen LogP contribution in [0.15, 0.2) is 161 Å². The third-order valence-corrected chi connectivity index (χ3v) is 13.6. The van der Waals surface area contributed by atoms with Gasteiger partial charge in [0.2, 0.25) is 0 Å². The minimum Gasteiger partial charge on any atom is -0.458 e. The standard InChI is InChI=1S/C31H20O8.C20H10O10.C10H2O6/c1-31(2,17-3-7-19(8-4-17)36-21-11-13-23-25(15-21)29(34)38-27(23)32)18-5-9-20(10-6-18)37-22-12-14-24-26(16-22)30(35)39-28(24)33;21-15(9-1-3-11-13(7-9)19(25)29-17(11)23)27-5-6-28-16(22)10-2-4-12-14(8-10)20(26)30-18(12)24;11-7-3-1-4-6(10(14)16-8(4)12)2-5(3)9(13)15-7/h3-16H,1-2H3;1-4,7-8H,5-6H2;1-2H. The average Bonchev–Trinajstić information content (AvgIpc) is 4.51. The predicted molar refractivity (Wildman–Crippen MR) is 284 cm³/mol. The van der Waals surface area contributed by atoms with Crippen molar-refractivity contribution < 1.29 is 94.7 Å². The zero-order chi connectivity index (χ0) is 60.2. The summed E-state index contributed by atoms with van der Waals surface area (Å²) in [6.45, 7) is 3.64. The summed E-state index contributed by atoms with van der Waals surface area (Å²) in [6.07, 6.45) is 0. The van der Waals surface area contributed by atoms with Crippen LogP contribution in [0.3, 0.4) is 0 Å². The number of fused-ring (bicyclic) bond motifs is 6. The molecule has 7 aromatic carbocycles. The van der Waals surface area contributed by atoms with E-state index in [9.17, 15) is 67.1 Å². The first-order chi connectivity index (χ1) is 40.6. The van der Waals surface area contributed by atoms with Crippen LogP contribution >= 0.6 is 0 Å². The van der Waals surface area contributed by atoms with Crippen LogP contribution in [0.5, 0.6) is 23.0 Å². The van der Waals surface area contributed by atoms with E-state index in [1.165, 1.54) is 60.7 Å². The van der Waals surface area contributed by atoms with E-state index in [4.69, 9.17) is 18.9 Å². The molecule has 4 aliphatic rings. The molecule has 0 amide bonds. The normalized spacial score (nSPS) is 13.5. The van der Waals surface area contributed by atoms with Crippen molar-refractivity contribution in [1.29, 1.82) is 0 Å². The number of hydrogen-bond acceptors (Lipinski definition) is 24. The fourth-order valence-corrected chi connectivity index (χ4v) is 9.10. The molecular formula is C61H32O24. The van der Waals surface area contributed by atoms with Crippen LogP contribution in [0.4, 0.5) is 0 Å². The summed E-state index contributed by atoms with van der Waals surface area (Å²) in [4.78, 5) is 162. The third-order valence-electron chi connectivity index (χ3n) is 13.6. The van der Waals surface area contributed by atoms with Gasteiger partial charge in [0.25, 0.3) is 0 Å². The number of esters is 10. The summed E-state index contributed by atoms with van der Waals surface area (Å²) < 4.78 is 48.5. The van der Waals surface area contributed by atoms with Gasteiger partial charge in [0.05, 0.1) is 77.2 Å². The molecular weight excluding hydrogens is 1120 g/mol. The highest BCUT2D eigenvalue weighted by Crippen LogP contribution is 2.36. The van der Waals surface area contributed by atoms with Crippen LogP contribution in [0, 0.1) is 0 Å². The quantitative estimate of drug-likeness (QED) is 0.0542. The molecule has 0 radical (unpaired) electrons. The second-order valence-electron chi connectivity index (χ2n) is 19.1. The second kappa shape index (κ2) is 21.4. The van der Waals surface area contributed by atoms with E-state index in [2.05, 4.69) is 41.6 Å². The van der Waals surface area contributed by atoms with E-state index in [1.807, 2.05) is 48.5 Å². The molecule has 0 bridgehead atoms. The Morgan fingerprint density at radius 3 is 0.918 bits per heavy atom. The number of carbonyl (C=O) groups excluding carboxylic acids is 10. The van der Waals surface area contributed by atoms with Gasteiger partial charge in [-0.25, -0.2) is 67.1 Å². The van der Waals surface area contributed by atoms with Crippen LogP contribution in [0.1, 0.15) is 129 Å². The Morgan fingerprint density at radius 2 is 0.600 bits per heavy atom. The maximum Gasteiger partial charge on any atom is 0.347 e. The van der Waals surface area contributed by atoms with E-state index in [0.717, 1.165) is 23.3 Å². The molecule has 24 heteroatoms. The Kier molecular flexibility index (Phi) is 13.8. The molecule has 0 saturated carbocycles. The summed E-state index contributed by atoms with van der Waals surface area (Å²) in [6, 6.07) is 34.3. The molecule has 0 aliphatic carbocycles. The molecule has 0 unspecified atom stereocenters. The van der Waals surface area contributed by atoms with Gasteiger partial charge in [-0.05, 0) is 120 Å². The molecule has 0 atom stereocenters. The van der Waals surface area contributed by atoms with Crippen molar-refractivity contribution >= 4 is 81.2 Å². The Morgan fingerprint density at radius 1 is 0.329 bits per heavy atom. The summed E-state index contributed by atoms with van der Waals surface area (Å²) >= 11 is 0.